The summed E-state index contributed by atoms with van der Waals surface area (Å²) in [7, 11) is 1.56. The van der Waals surface area contributed by atoms with Crippen molar-refractivity contribution >= 4 is 17.2 Å². The van der Waals surface area contributed by atoms with Gasteiger partial charge in [0.05, 0.1) is 0 Å². The standard InChI is InChI=1S/C17H16N2O3S/c1-19-15(16(20)18-10-9-13-8-5-11-23-13)14(17(21)22-19)12-6-3-2-4-7-12/h2-8,11H,9-10H2,1H3,(H,18,20). The summed E-state index contributed by atoms with van der Waals surface area (Å²) in [6, 6.07) is 13.1. The van der Waals surface area contributed by atoms with E-state index in [2.05, 4.69) is 5.32 Å². The van der Waals surface area contributed by atoms with Crippen molar-refractivity contribution in [1.82, 2.24) is 10.1 Å². The van der Waals surface area contributed by atoms with Gasteiger partial charge in [0.25, 0.3) is 5.91 Å². The van der Waals surface area contributed by atoms with Crippen LogP contribution in [0.25, 0.3) is 11.1 Å². The molecular formula is C17H16N2O3S. The van der Waals surface area contributed by atoms with Gasteiger partial charge < -0.3 is 9.84 Å². The lowest BCUT2D eigenvalue weighted by Gasteiger charge is -2.06. The quantitative estimate of drug-likeness (QED) is 0.783. The Morgan fingerprint density at radius 2 is 2.00 bits per heavy atom. The Morgan fingerprint density at radius 1 is 1.22 bits per heavy atom. The van der Waals surface area contributed by atoms with E-state index >= 15 is 0 Å². The first kappa shape index (κ1) is 15.3. The summed E-state index contributed by atoms with van der Waals surface area (Å²) in [5, 5.41) is 4.85. The highest BCUT2D eigenvalue weighted by Gasteiger charge is 2.22. The molecule has 2 aromatic heterocycles. The number of carbonyl (C=O) groups excluding carboxylic acids is 1. The number of nitrogens with zero attached hydrogens (tertiary/aromatic N) is 1. The molecule has 0 aliphatic carbocycles. The van der Waals surface area contributed by atoms with E-state index in [4.69, 9.17) is 4.52 Å². The van der Waals surface area contributed by atoms with Crippen LogP contribution in [-0.2, 0) is 13.5 Å². The molecule has 0 fully saturated rings. The Balaban J connectivity index is 1.82. The highest BCUT2D eigenvalue weighted by Crippen LogP contribution is 2.20. The zero-order chi connectivity index (χ0) is 16.2. The van der Waals surface area contributed by atoms with Crippen molar-refractivity contribution in [3.05, 3.63) is 68.8 Å². The van der Waals surface area contributed by atoms with Gasteiger partial charge in [-0.1, -0.05) is 36.4 Å². The van der Waals surface area contributed by atoms with Crippen molar-refractivity contribution in [1.29, 1.82) is 0 Å². The largest absolute Gasteiger partial charge is 0.366 e. The number of rotatable bonds is 5. The van der Waals surface area contributed by atoms with E-state index in [0.717, 1.165) is 6.42 Å². The summed E-state index contributed by atoms with van der Waals surface area (Å²) in [6.45, 7) is 0.507. The van der Waals surface area contributed by atoms with Crippen LogP contribution in [0.1, 0.15) is 15.4 Å². The van der Waals surface area contributed by atoms with Gasteiger partial charge in [0, 0.05) is 18.5 Å². The van der Waals surface area contributed by atoms with Crippen LogP contribution < -0.4 is 10.9 Å². The summed E-state index contributed by atoms with van der Waals surface area (Å²) in [5.41, 5.74) is 0.696. The zero-order valence-corrected chi connectivity index (χ0v) is 13.4. The third kappa shape index (κ3) is 3.27. The average Bonchev–Trinajstić information content (AvgIpc) is 3.15. The van der Waals surface area contributed by atoms with Crippen LogP contribution in [0.5, 0.6) is 0 Å². The lowest BCUT2D eigenvalue weighted by Crippen LogP contribution is -2.28. The highest BCUT2D eigenvalue weighted by atomic mass is 32.1. The number of hydrogen-bond donors (Lipinski definition) is 1. The van der Waals surface area contributed by atoms with E-state index in [0.29, 0.717) is 17.7 Å². The van der Waals surface area contributed by atoms with Crippen LogP contribution in [0.3, 0.4) is 0 Å². The van der Waals surface area contributed by atoms with Crippen molar-refractivity contribution in [2.24, 2.45) is 7.05 Å². The maximum Gasteiger partial charge on any atom is 0.366 e. The molecular weight excluding hydrogens is 312 g/mol. The number of carbonyl (C=O) groups is 1. The number of aromatic nitrogens is 1. The number of thiophene rings is 1. The Hall–Kier alpha value is -2.60. The maximum atomic E-state index is 12.5. The zero-order valence-electron chi connectivity index (χ0n) is 12.6. The Morgan fingerprint density at radius 3 is 2.70 bits per heavy atom. The molecule has 1 N–H and O–H groups in total. The van der Waals surface area contributed by atoms with Crippen LogP contribution in [0.15, 0.2) is 57.2 Å². The predicted octanol–water partition coefficient (Wildman–Crippen LogP) is 2.68. The minimum Gasteiger partial charge on any atom is -0.350 e. The molecule has 3 rings (SSSR count). The van der Waals surface area contributed by atoms with E-state index < -0.39 is 5.63 Å². The van der Waals surface area contributed by atoms with Crippen molar-refractivity contribution < 1.29 is 9.32 Å². The first-order valence-electron chi connectivity index (χ1n) is 7.23. The molecule has 118 valence electrons. The van der Waals surface area contributed by atoms with Crippen LogP contribution in [0, 0.1) is 0 Å². The van der Waals surface area contributed by atoms with Crippen molar-refractivity contribution in [3.63, 3.8) is 0 Å². The van der Waals surface area contributed by atoms with Crippen LogP contribution >= 0.6 is 11.3 Å². The minimum absolute atomic E-state index is 0.243. The SMILES string of the molecule is Cn1oc(=O)c(-c2ccccc2)c1C(=O)NCCc1cccs1. The molecule has 0 aliphatic heterocycles. The van der Waals surface area contributed by atoms with Crippen molar-refractivity contribution in [2.75, 3.05) is 6.54 Å². The van der Waals surface area contributed by atoms with E-state index in [1.54, 1.807) is 30.5 Å². The molecule has 6 heteroatoms. The summed E-state index contributed by atoms with van der Waals surface area (Å²) in [5.74, 6) is -0.311. The molecule has 0 saturated heterocycles. The number of nitrogens with one attached hydrogen (secondary N) is 1. The van der Waals surface area contributed by atoms with Gasteiger partial charge in [-0.2, -0.15) is 0 Å². The van der Waals surface area contributed by atoms with Gasteiger partial charge >= 0.3 is 5.63 Å². The van der Waals surface area contributed by atoms with Gasteiger partial charge in [-0.05, 0) is 23.4 Å². The van der Waals surface area contributed by atoms with Gasteiger partial charge in [-0.15, -0.1) is 11.3 Å². The maximum absolute atomic E-state index is 12.5. The lowest BCUT2D eigenvalue weighted by atomic mass is 10.1. The molecule has 0 unspecified atom stereocenters. The van der Waals surface area contributed by atoms with E-state index in [-0.39, 0.29) is 11.6 Å². The van der Waals surface area contributed by atoms with Crippen LogP contribution in [0.2, 0.25) is 0 Å². The van der Waals surface area contributed by atoms with Gasteiger partial charge in [0.2, 0.25) is 0 Å². The number of hydrogen-bond acceptors (Lipinski definition) is 4. The smallest absolute Gasteiger partial charge is 0.350 e. The molecule has 0 atom stereocenters. The predicted molar refractivity (Wildman–Crippen MR) is 89.7 cm³/mol. The molecule has 23 heavy (non-hydrogen) atoms. The molecule has 1 amide bonds. The lowest BCUT2D eigenvalue weighted by molar-refractivity contribution is 0.0934. The molecule has 0 spiro atoms. The van der Waals surface area contributed by atoms with Gasteiger partial charge in [-0.3, -0.25) is 4.79 Å². The number of aryl methyl sites for hydroxylation is 1. The monoisotopic (exact) mass is 328 g/mol. The highest BCUT2D eigenvalue weighted by molar-refractivity contribution is 7.09. The van der Waals surface area contributed by atoms with Gasteiger partial charge in [0.1, 0.15) is 5.56 Å². The number of amides is 1. The summed E-state index contributed by atoms with van der Waals surface area (Å²) in [4.78, 5) is 25.7. The fourth-order valence-electron chi connectivity index (χ4n) is 2.42. The fourth-order valence-corrected chi connectivity index (χ4v) is 3.13. The molecule has 0 radical (unpaired) electrons. The molecule has 1 aromatic carbocycles. The summed E-state index contributed by atoms with van der Waals surface area (Å²) < 4.78 is 6.30. The topological polar surface area (TPSA) is 64.2 Å². The molecule has 2 heterocycles. The van der Waals surface area contributed by atoms with Gasteiger partial charge in [0.15, 0.2) is 5.69 Å². The molecule has 0 aliphatic rings. The third-order valence-electron chi connectivity index (χ3n) is 3.49. The molecule has 3 aromatic rings. The second-order valence-electron chi connectivity index (χ2n) is 5.05. The average molecular weight is 328 g/mol. The third-order valence-corrected chi connectivity index (χ3v) is 4.43. The van der Waals surface area contributed by atoms with Crippen LogP contribution in [0.4, 0.5) is 0 Å². The second-order valence-corrected chi connectivity index (χ2v) is 6.08. The Labute approximate surface area is 137 Å². The molecule has 0 saturated carbocycles. The number of benzene rings is 1. The Kier molecular flexibility index (Phi) is 4.43. The van der Waals surface area contributed by atoms with Crippen LogP contribution in [-0.4, -0.2) is 17.2 Å². The Bertz CT molecular complexity index is 848. The normalized spacial score (nSPS) is 10.7. The first-order valence-corrected chi connectivity index (χ1v) is 8.11. The van der Waals surface area contributed by atoms with E-state index in [1.165, 1.54) is 9.62 Å². The van der Waals surface area contributed by atoms with E-state index in [1.807, 2.05) is 35.7 Å². The first-order chi connectivity index (χ1) is 11.2. The summed E-state index contributed by atoms with van der Waals surface area (Å²) in [6.07, 6.45) is 0.760. The van der Waals surface area contributed by atoms with E-state index in [9.17, 15) is 9.59 Å². The van der Waals surface area contributed by atoms with Crippen molar-refractivity contribution in [3.8, 4) is 11.1 Å². The van der Waals surface area contributed by atoms with Gasteiger partial charge in [-0.25, -0.2) is 9.53 Å². The minimum atomic E-state index is -0.512. The second kappa shape index (κ2) is 6.66. The molecule has 0 bridgehead atoms. The summed E-state index contributed by atoms with van der Waals surface area (Å²) >= 11 is 1.65. The molecule has 5 nitrogen and oxygen atoms in total. The van der Waals surface area contributed by atoms with Crippen molar-refractivity contribution in [2.45, 2.75) is 6.42 Å². The fraction of sp³-hybridized carbons (Fsp3) is 0.176.